The number of carboxylic acid groups (broad SMARTS) is 1. The Bertz CT molecular complexity index is 808. The first kappa shape index (κ1) is 19.4. The Morgan fingerprint density at radius 3 is 2.78 bits per heavy atom. The molecule has 1 aromatic carbocycles. The quantitative estimate of drug-likeness (QED) is 0.777. The highest BCUT2D eigenvalue weighted by molar-refractivity contribution is 6.31. The normalized spacial score (nSPS) is 19.8. The van der Waals surface area contributed by atoms with Gasteiger partial charge in [0.2, 0.25) is 5.91 Å². The number of likely N-dealkylation sites (tertiary alicyclic amines) is 1. The molecule has 1 saturated carbocycles. The van der Waals surface area contributed by atoms with Crippen molar-refractivity contribution in [1.29, 1.82) is 0 Å². The van der Waals surface area contributed by atoms with Crippen molar-refractivity contribution in [3.05, 3.63) is 35.5 Å². The molecule has 1 aromatic heterocycles. The van der Waals surface area contributed by atoms with Crippen LogP contribution in [0.25, 0.3) is 10.9 Å². The number of pyridine rings is 1. The molecular formula is C20H24ClN3O3. The van der Waals surface area contributed by atoms with Crippen LogP contribution in [0.3, 0.4) is 0 Å². The van der Waals surface area contributed by atoms with Gasteiger partial charge in [0.15, 0.2) is 0 Å². The van der Waals surface area contributed by atoms with Crippen LogP contribution in [0.2, 0.25) is 5.02 Å². The second kappa shape index (κ2) is 9.04. The third kappa shape index (κ3) is 4.69. The zero-order valence-electron chi connectivity index (χ0n) is 15.1. The summed E-state index contributed by atoms with van der Waals surface area (Å²) in [5.41, 5.74) is 1.97. The number of carbonyl (C=O) groups is 2. The number of nitrogens with zero attached hydrogens (tertiary/aromatic N) is 2. The number of carbonyl (C=O) groups excluding carboxylic acids is 1. The Morgan fingerprint density at radius 1 is 1.30 bits per heavy atom. The lowest BCUT2D eigenvalue weighted by molar-refractivity contribution is -0.129. The fourth-order valence-corrected chi connectivity index (χ4v) is 4.21. The number of fused-ring (bicyclic) bond motifs is 1. The molecule has 1 atom stereocenters. The number of rotatable bonds is 4. The second-order valence-corrected chi connectivity index (χ2v) is 7.50. The van der Waals surface area contributed by atoms with Crippen molar-refractivity contribution < 1.29 is 14.7 Å². The van der Waals surface area contributed by atoms with Crippen molar-refractivity contribution in [2.75, 3.05) is 18.4 Å². The molecule has 1 aliphatic heterocycles. The van der Waals surface area contributed by atoms with Crippen LogP contribution in [0.15, 0.2) is 30.5 Å². The number of anilines is 1. The zero-order chi connectivity index (χ0) is 19.2. The Kier molecular flexibility index (Phi) is 6.50. The van der Waals surface area contributed by atoms with Crippen LogP contribution >= 0.6 is 11.6 Å². The molecule has 1 saturated heterocycles. The van der Waals surface area contributed by atoms with E-state index in [9.17, 15) is 4.79 Å². The third-order valence-corrected chi connectivity index (χ3v) is 5.52. The number of amides is 1. The summed E-state index contributed by atoms with van der Waals surface area (Å²) in [4.78, 5) is 27.2. The number of halogens is 1. The molecular weight excluding hydrogens is 366 g/mol. The molecule has 1 aliphatic carbocycles. The minimum Gasteiger partial charge on any atom is -0.483 e. The molecule has 6 nitrogen and oxygen atoms in total. The number of hydrogen-bond acceptors (Lipinski definition) is 4. The Hall–Kier alpha value is -2.34. The van der Waals surface area contributed by atoms with E-state index in [0.717, 1.165) is 29.7 Å². The van der Waals surface area contributed by atoms with E-state index in [4.69, 9.17) is 21.5 Å². The van der Waals surface area contributed by atoms with Crippen molar-refractivity contribution in [3.8, 4) is 0 Å². The van der Waals surface area contributed by atoms with Crippen LogP contribution in [0.5, 0.6) is 0 Å². The molecule has 7 heteroatoms. The summed E-state index contributed by atoms with van der Waals surface area (Å²) >= 11 is 6.12. The van der Waals surface area contributed by atoms with Gasteiger partial charge in [-0.05, 0) is 37.1 Å². The minimum absolute atomic E-state index is 0.250. The summed E-state index contributed by atoms with van der Waals surface area (Å²) in [5.74, 6) is 0.705. The highest BCUT2D eigenvalue weighted by atomic mass is 35.5. The SMILES string of the molecule is O=C1CC(CNc2ccnc3ccc(Cl)cc23)CN1C1CCCC1.O=CO. The van der Waals surface area contributed by atoms with Gasteiger partial charge in [0, 0.05) is 53.8 Å². The third-order valence-electron chi connectivity index (χ3n) is 5.29. The van der Waals surface area contributed by atoms with Gasteiger partial charge in [0.05, 0.1) is 5.52 Å². The van der Waals surface area contributed by atoms with Crippen molar-refractivity contribution >= 4 is 40.6 Å². The maximum Gasteiger partial charge on any atom is 0.290 e. The minimum atomic E-state index is -0.250. The van der Waals surface area contributed by atoms with Gasteiger partial charge in [-0.25, -0.2) is 0 Å². The predicted molar refractivity (Wildman–Crippen MR) is 106 cm³/mol. The molecule has 0 radical (unpaired) electrons. The maximum atomic E-state index is 12.3. The summed E-state index contributed by atoms with van der Waals surface area (Å²) < 4.78 is 0. The van der Waals surface area contributed by atoms with E-state index in [-0.39, 0.29) is 6.47 Å². The molecule has 1 unspecified atom stereocenters. The molecule has 2 aromatic rings. The van der Waals surface area contributed by atoms with E-state index in [1.165, 1.54) is 25.7 Å². The smallest absolute Gasteiger partial charge is 0.290 e. The average molecular weight is 390 g/mol. The first-order valence-electron chi connectivity index (χ1n) is 9.28. The van der Waals surface area contributed by atoms with Crippen LogP contribution < -0.4 is 5.32 Å². The lowest BCUT2D eigenvalue weighted by Crippen LogP contribution is -2.34. The van der Waals surface area contributed by atoms with Crippen LogP contribution in [0, 0.1) is 5.92 Å². The highest BCUT2D eigenvalue weighted by Crippen LogP contribution is 2.30. The monoisotopic (exact) mass is 389 g/mol. The summed E-state index contributed by atoms with van der Waals surface area (Å²) in [5, 5.41) is 12.1. The van der Waals surface area contributed by atoms with Crippen LogP contribution in [-0.4, -0.2) is 46.5 Å². The van der Waals surface area contributed by atoms with Gasteiger partial charge >= 0.3 is 0 Å². The van der Waals surface area contributed by atoms with Gasteiger partial charge in [0.1, 0.15) is 0 Å². The summed E-state index contributed by atoms with van der Waals surface area (Å²) in [6.07, 6.45) is 7.36. The molecule has 27 heavy (non-hydrogen) atoms. The van der Waals surface area contributed by atoms with Crippen molar-refractivity contribution in [1.82, 2.24) is 9.88 Å². The first-order valence-corrected chi connectivity index (χ1v) is 9.65. The summed E-state index contributed by atoms with van der Waals surface area (Å²) in [6.45, 7) is 1.45. The van der Waals surface area contributed by atoms with E-state index < -0.39 is 0 Å². The predicted octanol–water partition coefficient (Wildman–Crippen LogP) is 3.79. The van der Waals surface area contributed by atoms with Gasteiger partial charge in [-0.3, -0.25) is 14.6 Å². The van der Waals surface area contributed by atoms with Gasteiger partial charge in [-0.1, -0.05) is 24.4 Å². The molecule has 2 heterocycles. The van der Waals surface area contributed by atoms with E-state index in [0.29, 0.717) is 29.3 Å². The van der Waals surface area contributed by atoms with E-state index in [1.807, 2.05) is 30.5 Å². The molecule has 2 aliphatic rings. The summed E-state index contributed by atoms with van der Waals surface area (Å²) in [7, 11) is 0. The highest BCUT2D eigenvalue weighted by Gasteiger charge is 2.35. The van der Waals surface area contributed by atoms with Crippen LogP contribution in [0.4, 0.5) is 5.69 Å². The van der Waals surface area contributed by atoms with Crippen LogP contribution in [-0.2, 0) is 9.59 Å². The fourth-order valence-electron chi connectivity index (χ4n) is 4.04. The second-order valence-electron chi connectivity index (χ2n) is 7.06. The number of aromatic nitrogens is 1. The van der Waals surface area contributed by atoms with Gasteiger partial charge in [-0.15, -0.1) is 0 Å². The lowest BCUT2D eigenvalue weighted by atomic mass is 10.1. The molecule has 2 fully saturated rings. The van der Waals surface area contributed by atoms with Crippen molar-refractivity contribution in [2.45, 2.75) is 38.1 Å². The number of benzene rings is 1. The Morgan fingerprint density at radius 2 is 2.04 bits per heavy atom. The largest absolute Gasteiger partial charge is 0.483 e. The average Bonchev–Trinajstić information content (AvgIpc) is 3.30. The first-order chi connectivity index (χ1) is 13.1. The van der Waals surface area contributed by atoms with E-state index in [1.54, 1.807) is 0 Å². The summed E-state index contributed by atoms with van der Waals surface area (Å²) in [6, 6.07) is 8.20. The van der Waals surface area contributed by atoms with E-state index >= 15 is 0 Å². The maximum absolute atomic E-state index is 12.3. The zero-order valence-corrected chi connectivity index (χ0v) is 15.9. The molecule has 2 N–H and O–H groups in total. The van der Waals surface area contributed by atoms with Gasteiger partial charge in [-0.2, -0.15) is 0 Å². The fraction of sp³-hybridized carbons (Fsp3) is 0.450. The lowest BCUT2D eigenvalue weighted by Gasteiger charge is -2.24. The standard InChI is InChI=1S/C19H22ClN3O.CH2O2/c20-14-5-6-17-16(10-14)18(7-8-21-17)22-11-13-9-19(24)23(12-13)15-3-1-2-4-15;2-1-3/h5-8,10,13,15H,1-4,9,11-12H2,(H,21,22);1H,(H,2,3). The van der Waals surface area contributed by atoms with Crippen LogP contribution in [0.1, 0.15) is 32.1 Å². The van der Waals surface area contributed by atoms with Crippen molar-refractivity contribution in [2.24, 2.45) is 5.92 Å². The number of nitrogens with one attached hydrogen (secondary N) is 1. The molecule has 144 valence electrons. The van der Waals surface area contributed by atoms with Gasteiger partial charge < -0.3 is 15.3 Å². The Balaban J connectivity index is 0.000000659. The molecule has 0 bridgehead atoms. The molecule has 0 spiro atoms. The van der Waals surface area contributed by atoms with Crippen molar-refractivity contribution in [3.63, 3.8) is 0 Å². The van der Waals surface area contributed by atoms with Gasteiger partial charge in [0.25, 0.3) is 6.47 Å². The Labute approximate surface area is 163 Å². The molecule has 4 rings (SSSR count). The number of hydrogen-bond donors (Lipinski definition) is 2. The topological polar surface area (TPSA) is 82.5 Å². The molecule has 1 amide bonds. The van der Waals surface area contributed by atoms with E-state index in [2.05, 4.69) is 15.2 Å².